The van der Waals surface area contributed by atoms with E-state index in [0.717, 1.165) is 5.75 Å². The fourth-order valence-corrected chi connectivity index (χ4v) is 4.69. The smallest absolute Gasteiger partial charge is 0.119 e. The molecular formula is C28H20O. The molecule has 0 saturated carbocycles. The van der Waals surface area contributed by atoms with Crippen LogP contribution < -0.4 is 4.74 Å². The molecule has 0 saturated heterocycles. The SMILES string of the molecule is CCOc1ccc(-c2ccc3cccc4c3c2-c2cc3ccccc3cc2-4)cc1. The van der Waals surface area contributed by atoms with Gasteiger partial charge in [0.05, 0.1) is 6.61 Å². The zero-order chi connectivity index (χ0) is 19.4. The van der Waals surface area contributed by atoms with Gasteiger partial charge in [0.25, 0.3) is 0 Å². The summed E-state index contributed by atoms with van der Waals surface area (Å²) in [4.78, 5) is 0. The molecule has 29 heavy (non-hydrogen) atoms. The summed E-state index contributed by atoms with van der Waals surface area (Å²) in [6.45, 7) is 2.70. The first kappa shape index (κ1) is 16.4. The summed E-state index contributed by atoms with van der Waals surface area (Å²) >= 11 is 0. The number of hydrogen-bond donors (Lipinski definition) is 0. The Morgan fingerprint density at radius 3 is 2.07 bits per heavy atom. The molecule has 0 radical (unpaired) electrons. The van der Waals surface area contributed by atoms with Crippen molar-refractivity contribution in [3.8, 4) is 39.1 Å². The second kappa shape index (κ2) is 6.22. The molecule has 0 spiro atoms. The fourth-order valence-electron chi connectivity index (χ4n) is 4.69. The average Bonchev–Trinajstić information content (AvgIpc) is 3.09. The van der Waals surface area contributed by atoms with Crippen molar-refractivity contribution in [1.29, 1.82) is 0 Å². The molecule has 0 heterocycles. The van der Waals surface area contributed by atoms with E-state index in [9.17, 15) is 0 Å². The van der Waals surface area contributed by atoms with Gasteiger partial charge in [-0.3, -0.25) is 0 Å². The van der Waals surface area contributed by atoms with Gasteiger partial charge in [0.1, 0.15) is 5.75 Å². The molecule has 0 amide bonds. The zero-order valence-corrected chi connectivity index (χ0v) is 16.3. The van der Waals surface area contributed by atoms with Crippen LogP contribution in [0.2, 0.25) is 0 Å². The summed E-state index contributed by atoms with van der Waals surface area (Å²) in [5, 5.41) is 5.24. The van der Waals surface area contributed by atoms with Gasteiger partial charge in [0.2, 0.25) is 0 Å². The average molecular weight is 372 g/mol. The highest BCUT2D eigenvalue weighted by atomic mass is 16.5. The van der Waals surface area contributed by atoms with Crippen LogP contribution in [-0.2, 0) is 0 Å². The van der Waals surface area contributed by atoms with Crippen molar-refractivity contribution in [2.75, 3.05) is 6.61 Å². The summed E-state index contributed by atoms with van der Waals surface area (Å²) in [6, 6.07) is 33.0. The van der Waals surface area contributed by atoms with E-state index in [-0.39, 0.29) is 0 Å². The van der Waals surface area contributed by atoms with Crippen LogP contribution >= 0.6 is 0 Å². The second-order valence-corrected chi connectivity index (χ2v) is 7.59. The molecule has 0 bridgehead atoms. The molecule has 5 aromatic carbocycles. The number of fused-ring (bicyclic) bond motifs is 4. The molecule has 1 nitrogen and oxygen atoms in total. The van der Waals surface area contributed by atoms with Crippen molar-refractivity contribution in [3.63, 3.8) is 0 Å². The molecule has 5 aromatic rings. The third-order valence-electron chi connectivity index (χ3n) is 5.97. The molecule has 0 aliphatic heterocycles. The van der Waals surface area contributed by atoms with Gasteiger partial charge >= 0.3 is 0 Å². The van der Waals surface area contributed by atoms with E-state index in [1.807, 2.05) is 6.92 Å². The molecule has 6 rings (SSSR count). The lowest BCUT2D eigenvalue weighted by Crippen LogP contribution is -1.91. The molecule has 0 aromatic heterocycles. The van der Waals surface area contributed by atoms with Gasteiger partial charge in [0.15, 0.2) is 0 Å². The Morgan fingerprint density at radius 2 is 1.31 bits per heavy atom. The van der Waals surface area contributed by atoms with Crippen LogP contribution in [0.1, 0.15) is 6.92 Å². The third kappa shape index (κ3) is 2.41. The van der Waals surface area contributed by atoms with E-state index in [2.05, 4.69) is 91.0 Å². The molecule has 138 valence electrons. The highest BCUT2D eigenvalue weighted by Gasteiger charge is 2.24. The normalized spacial score (nSPS) is 11.8. The van der Waals surface area contributed by atoms with Crippen LogP contribution in [0.4, 0.5) is 0 Å². The van der Waals surface area contributed by atoms with Crippen LogP contribution in [0.25, 0.3) is 54.9 Å². The lowest BCUT2D eigenvalue weighted by atomic mass is 9.92. The van der Waals surface area contributed by atoms with Crippen molar-refractivity contribution in [1.82, 2.24) is 0 Å². The zero-order valence-electron chi connectivity index (χ0n) is 16.3. The molecule has 0 N–H and O–H groups in total. The minimum Gasteiger partial charge on any atom is -0.494 e. The maximum Gasteiger partial charge on any atom is 0.119 e. The van der Waals surface area contributed by atoms with Gasteiger partial charge < -0.3 is 4.74 Å². The molecular weight excluding hydrogens is 352 g/mol. The lowest BCUT2D eigenvalue weighted by Gasteiger charge is -2.12. The number of benzene rings is 5. The number of rotatable bonds is 3. The van der Waals surface area contributed by atoms with Crippen LogP contribution in [0, 0.1) is 0 Å². The summed E-state index contributed by atoms with van der Waals surface area (Å²) < 4.78 is 5.64. The Kier molecular flexibility index (Phi) is 3.51. The van der Waals surface area contributed by atoms with Gasteiger partial charge in [-0.15, -0.1) is 0 Å². The van der Waals surface area contributed by atoms with Gasteiger partial charge in [-0.25, -0.2) is 0 Å². The van der Waals surface area contributed by atoms with Gasteiger partial charge in [0, 0.05) is 0 Å². The van der Waals surface area contributed by atoms with Crippen molar-refractivity contribution in [2.24, 2.45) is 0 Å². The Morgan fingerprint density at radius 1 is 0.586 bits per heavy atom. The second-order valence-electron chi connectivity index (χ2n) is 7.59. The van der Waals surface area contributed by atoms with Crippen molar-refractivity contribution < 1.29 is 4.74 Å². The van der Waals surface area contributed by atoms with E-state index in [1.165, 1.54) is 54.9 Å². The minimum atomic E-state index is 0.685. The summed E-state index contributed by atoms with van der Waals surface area (Å²) in [5.74, 6) is 0.917. The molecule has 1 aliphatic rings. The topological polar surface area (TPSA) is 9.23 Å². The molecule has 0 unspecified atom stereocenters. The van der Waals surface area contributed by atoms with E-state index in [1.54, 1.807) is 0 Å². The third-order valence-corrected chi connectivity index (χ3v) is 5.97. The first-order valence-electron chi connectivity index (χ1n) is 10.2. The molecule has 1 aliphatic carbocycles. The maximum atomic E-state index is 5.64. The maximum absolute atomic E-state index is 5.64. The van der Waals surface area contributed by atoms with E-state index < -0.39 is 0 Å². The largest absolute Gasteiger partial charge is 0.494 e. The Labute approximate surface area is 170 Å². The fraction of sp³-hybridized carbons (Fsp3) is 0.0714. The predicted molar refractivity (Wildman–Crippen MR) is 122 cm³/mol. The monoisotopic (exact) mass is 372 g/mol. The minimum absolute atomic E-state index is 0.685. The van der Waals surface area contributed by atoms with Crippen molar-refractivity contribution in [2.45, 2.75) is 6.92 Å². The van der Waals surface area contributed by atoms with Gasteiger partial charge in [-0.05, 0) is 86.1 Å². The number of hydrogen-bond acceptors (Lipinski definition) is 1. The summed E-state index contributed by atoms with van der Waals surface area (Å²) in [7, 11) is 0. The molecule has 1 heteroatoms. The standard InChI is InChI=1S/C28H20O/c1-2-29-22-13-10-18(11-14-22)23-15-12-19-8-5-9-24-25-16-20-6-3-4-7-21(20)17-26(25)28(23)27(19)24/h3-17H,2H2,1H3. The molecule has 0 fully saturated rings. The first-order valence-corrected chi connectivity index (χ1v) is 10.2. The molecule has 0 atom stereocenters. The van der Waals surface area contributed by atoms with Crippen LogP contribution in [0.15, 0.2) is 91.0 Å². The van der Waals surface area contributed by atoms with E-state index >= 15 is 0 Å². The van der Waals surface area contributed by atoms with Crippen molar-refractivity contribution >= 4 is 21.5 Å². The van der Waals surface area contributed by atoms with Crippen LogP contribution in [0.5, 0.6) is 5.75 Å². The highest BCUT2D eigenvalue weighted by molar-refractivity contribution is 6.20. The first-order chi connectivity index (χ1) is 14.3. The van der Waals surface area contributed by atoms with Gasteiger partial charge in [-0.2, -0.15) is 0 Å². The van der Waals surface area contributed by atoms with Crippen LogP contribution in [0.3, 0.4) is 0 Å². The quantitative estimate of drug-likeness (QED) is 0.309. The predicted octanol–water partition coefficient (Wildman–Crippen LogP) is 7.71. The Balaban J connectivity index is 1.66. The van der Waals surface area contributed by atoms with Crippen LogP contribution in [-0.4, -0.2) is 6.61 Å². The highest BCUT2D eigenvalue weighted by Crippen LogP contribution is 2.52. The Hall–Kier alpha value is -3.58. The summed E-state index contributed by atoms with van der Waals surface area (Å²) in [5.41, 5.74) is 7.86. The number of ether oxygens (including phenoxy) is 1. The van der Waals surface area contributed by atoms with E-state index in [4.69, 9.17) is 4.74 Å². The Bertz CT molecular complexity index is 1390. The van der Waals surface area contributed by atoms with E-state index in [0.29, 0.717) is 6.61 Å². The summed E-state index contributed by atoms with van der Waals surface area (Å²) in [6.07, 6.45) is 0. The van der Waals surface area contributed by atoms with Crippen molar-refractivity contribution in [3.05, 3.63) is 91.0 Å². The lowest BCUT2D eigenvalue weighted by molar-refractivity contribution is 0.340. The van der Waals surface area contributed by atoms with Gasteiger partial charge in [-0.1, -0.05) is 66.7 Å².